The zero-order valence-corrected chi connectivity index (χ0v) is 6.41. The molecule has 11 heavy (non-hydrogen) atoms. The Morgan fingerprint density at radius 3 is 2.36 bits per heavy atom. The van der Waals surface area contributed by atoms with Crippen LogP contribution >= 0.6 is 0 Å². The van der Waals surface area contributed by atoms with Crippen molar-refractivity contribution in [2.45, 2.75) is 6.92 Å². The predicted octanol–water partition coefficient (Wildman–Crippen LogP) is 1.89. The summed E-state index contributed by atoms with van der Waals surface area (Å²) in [6.07, 6.45) is 5.85. The number of nitrogens with one attached hydrogen (secondary N) is 1. The first kappa shape index (κ1) is 9.70. The van der Waals surface area contributed by atoms with Crippen molar-refractivity contribution in [1.82, 2.24) is 5.32 Å². The molecule has 0 aliphatic rings. The average Bonchev–Trinajstić information content (AvgIpc) is 2.05. The predicted molar refractivity (Wildman–Crippen MR) is 40.9 cm³/mol. The highest BCUT2D eigenvalue weighted by molar-refractivity contribution is 5.34. The van der Waals surface area contributed by atoms with Gasteiger partial charge in [-0.1, -0.05) is 0 Å². The maximum atomic E-state index is 12.6. The third-order valence-electron chi connectivity index (χ3n) is 1.09. The van der Waals surface area contributed by atoms with E-state index in [0.29, 0.717) is 0 Å². The third kappa shape index (κ3) is 2.42. The lowest BCUT2D eigenvalue weighted by molar-refractivity contribution is 0.592. The molecule has 0 saturated carbocycles. The smallest absolute Gasteiger partial charge is 0.198 e. The van der Waals surface area contributed by atoms with Gasteiger partial charge in [0, 0.05) is 7.05 Å². The topological polar surface area (TPSA) is 12.0 Å². The van der Waals surface area contributed by atoms with Crippen molar-refractivity contribution in [2.24, 2.45) is 0 Å². The van der Waals surface area contributed by atoms with Gasteiger partial charge in [-0.25, -0.2) is 4.39 Å². The lowest BCUT2D eigenvalue weighted by atomic mass is 10.3. The molecule has 0 rings (SSSR count). The first-order chi connectivity index (χ1) is 5.17. The highest BCUT2D eigenvalue weighted by atomic mass is 19.1. The minimum atomic E-state index is -0.928. The Hall–Kier alpha value is -1.30. The number of rotatable bonds is 2. The van der Waals surface area contributed by atoms with Gasteiger partial charge in [-0.2, -0.15) is 4.39 Å². The Labute approximate surface area is 64.8 Å². The normalized spacial score (nSPS) is 13.5. The van der Waals surface area contributed by atoms with Crippen LogP contribution in [0.4, 0.5) is 8.78 Å². The molecule has 0 aromatic rings. The first-order valence-corrected chi connectivity index (χ1v) is 3.03. The summed E-state index contributed by atoms with van der Waals surface area (Å²) >= 11 is 0. The van der Waals surface area contributed by atoms with Crippen LogP contribution < -0.4 is 5.32 Å². The third-order valence-corrected chi connectivity index (χ3v) is 1.09. The SMILES string of the molecule is C#C/C(F)=C(NC)\C(F)=C/C. The molecule has 60 valence electrons. The standard InChI is InChI=1S/C8H9F2N/c1-4-6(9)8(11-3)7(10)5-2/h1,5,11H,2-3H3/b7-5+,8-6-. The summed E-state index contributed by atoms with van der Waals surface area (Å²) in [5.41, 5.74) is -0.282. The van der Waals surface area contributed by atoms with E-state index in [9.17, 15) is 8.78 Å². The Bertz CT molecular complexity index is 233. The van der Waals surface area contributed by atoms with E-state index in [-0.39, 0.29) is 5.70 Å². The van der Waals surface area contributed by atoms with Gasteiger partial charge >= 0.3 is 0 Å². The monoisotopic (exact) mass is 157 g/mol. The average molecular weight is 157 g/mol. The van der Waals surface area contributed by atoms with Crippen LogP contribution in [-0.2, 0) is 0 Å². The summed E-state index contributed by atoms with van der Waals surface area (Å²) in [6, 6.07) is 0. The van der Waals surface area contributed by atoms with Crippen molar-refractivity contribution in [2.75, 3.05) is 7.05 Å². The van der Waals surface area contributed by atoms with Crippen LogP contribution in [0.15, 0.2) is 23.4 Å². The Balaban J connectivity index is 4.84. The second kappa shape index (κ2) is 4.51. The lowest BCUT2D eigenvalue weighted by Crippen LogP contribution is -2.07. The molecule has 0 radical (unpaired) electrons. The van der Waals surface area contributed by atoms with Gasteiger partial charge in [0.25, 0.3) is 0 Å². The number of allylic oxidation sites excluding steroid dienone is 3. The molecule has 0 bridgehead atoms. The Morgan fingerprint density at radius 1 is 1.55 bits per heavy atom. The van der Waals surface area contributed by atoms with E-state index in [1.807, 2.05) is 0 Å². The van der Waals surface area contributed by atoms with E-state index in [1.54, 1.807) is 5.92 Å². The molecule has 0 spiro atoms. The molecular formula is C8H9F2N. The first-order valence-electron chi connectivity index (χ1n) is 3.03. The highest BCUT2D eigenvalue weighted by Crippen LogP contribution is 2.12. The molecule has 0 saturated heterocycles. The fourth-order valence-electron chi connectivity index (χ4n) is 0.551. The lowest BCUT2D eigenvalue weighted by Gasteiger charge is -2.01. The molecule has 3 heteroatoms. The molecule has 1 N–H and O–H groups in total. The minimum absolute atomic E-state index is 0.282. The maximum Gasteiger partial charge on any atom is 0.198 e. The van der Waals surface area contributed by atoms with Crippen LogP contribution in [0.1, 0.15) is 6.92 Å². The van der Waals surface area contributed by atoms with Crippen LogP contribution in [0.3, 0.4) is 0 Å². The van der Waals surface area contributed by atoms with Crippen LogP contribution in [0.25, 0.3) is 0 Å². The van der Waals surface area contributed by atoms with E-state index in [0.717, 1.165) is 6.08 Å². The quantitative estimate of drug-likeness (QED) is 0.476. The van der Waals surface area contributed by atoms with Crippen molar-refractivity contribution in [1.29, 1.82) is 0 Å². The van der Waals surface area contributed by atoms with Crippen molar-refractivity contribution in [3.8, 4) is 12.3 Å². The van der Waals surface area contributed by atoms with Gasteiger partial charge in [0.1, 0.15) is 11.5 Å². The largest absolute Gasteiger partial charge is 0.383 e. The van der Waals surface area contributed by atoms with Crippen molar-refractivity contribution in [3.63, 3.8) is 0 Å². The van der Waals surface area contributed by atoms with Crippen molar-refractivity contribution >= 4 is 0 Å². The van der Waals surface area contributed by atoms with E-state index in [4.69, 9.17) is 6.42 Å². The minimum Gasteiger partial charge on any atom is -0.383 e. The van der Waals surface area contributed by atoms with Gasteiger partial charge in [-0.05, 0) is 18.9 Å². The van der Waals surface area contributed by atoms with Gasteiger partial charge in [0.15, 0.2) is 5.83 Å². The van der Waals surface area contributed by atoms with E-state index >= 15 is 0 Å². The molecule has 0 heterocycles. The summed E-state index contributed by atoms with van der Waals surface area (Å²) in [4.78, 5) is 0. The summed E-state index contributed by atoms with van der Waals surface area (Å²) in [5.74, 6) is 0.0814. The number of terminal acetylenes is 1. The number of halogens is 2. The Morgan fingerprint density at radius 2 is 2.09 bits per heavy atom. The molecule has 0 aromatic carbocycles. The van der Waals surface area contributed by atoms with E-state index in [1.165, 1.54) is 14.0 Å². The zero-order valence-electron chi connectivity index (χ0n) is 6.41. The van der Waals surface area contributed by atoms with Crippen molar-refractivity contribution < 1.29 is 8.78 Å². The number of hydrogen-bond donors (Lipinski definition) is 1. The fourth-order valence-corrected chi connectivity index (χ4v) is 0.551. The van der Waals surface area contributed by atoms with Crippen LogP contribution in [-0.4, -0.2) is 7.05 Å². The molecule has 0 aromatic heterocycles. The molecule has 0 fully saturated rings. The van der Waals surface area contributed by atoms with Gasteiger partial charge in [-0.3, -0.25) is 0 Å². The zero-order chi connectivity index (χ0) is 8.85. The molecule has 0 aliphatic heterocycles. The second-order valence-corrected chi connectivity index (χ2v) is 1.72. The number of hydrogen-bond acceptors (Lipinski definition) is 1. The van der Waals surface area contributed by atoms with E-state index in [2.05, 4.69) is 5.32 Å². The summed E-state index contributed by atoms with van der Waals surface area (Å²) in [7, 11) is 1.40. The van der Waals surface area contributed by atoms with Crippen LogP contribution in [0.2, 0.25) is 0 Å². The molecule has 0 aliphatic carbocycles. The van der Waals surface area contributed by atoms with Gasteiger partial charge in [0.2, 0.25) is 0 Å². The van der Waals surface area contributed by atoms with Crippen LogP contribution in [0.5, 0.6) is 0 Å². The Kier molecular flexibility index (Phi) is 3.97. The summed E-state index contributed by atoms with van der Waals surface area (Å²) in [5, 5.41) is 2.32. The molecule has 0 amide bonds. The maximum absolute atomic E-state index is 12.6. The fraction of sp³-hybridized carbons (Fsp3) is 0.250. The summed E-state index contributed by atoms with van der Waals surface area (Å²) < 4.78 is 25.2. The van der Waals surface area contributed by atoms with Gasteiger partial charge in [0.05, 0.1) is 0 Å². The molecule has 1 nitrogen and oxygen atoms in total. The molecule has 0 atom stereocenters. The van der Waals surface area contributed by atoms with E-state index < -0.39 is 11.7 Å². The van der Waals surface area contributed by atoms with Crippen LogP contribution in [0, 0.1) is 12.3 Å². The molecular weight excluding hydrogens is 148 g/mol. The number of likely N-dealkylation sites (N-methyl/N-ethyl adjacent to an activating group) is 1. The van der Waals surface area contributed by atoms with Crippen molar-refractivity contribution in [3.05, 3.63) is 23.4 Å². The summed E-state index contributed by atoms with van der Waals surface area (Å²) in [6.45, 7) is 1.45. The molecule has 0 unspecified atom stereocenters. The second-order valence-electron chi connectivity index (χ2n) is 1.72. The van der Waals surface area contributed by atoms with Gasteiger partial charge in [-0.15, -0.1) is 6.42 Å². The highest BCUT2D eigenvalue weighted by Gasteiger charge is 2.06. The van der Waals surface area contributed by atoms with Gasteiger partial charge < -0.3 is 5.32 Å².